The zero-order valence-electron chi connectivity index (χ0n) is 15.8. The van der Waals surface area contributed by atoms with E-state index in [4.69, 9.17) is 4.74 Å². The number of aromatic nitrogens is 2. The van der Waals surface area contributed by atoms with E-state index in [-0.39, 0.29) is 11.5 Å². The Hall–Kier alpha value is -3.74. The van der Waals surface area contributed by atoms with E-state index in [2.05, 4.69) is 20.6 Å². The summed E-state index contributed by atoms with van der Waals surface area (Å²) in [7, 11) is 1.59. The van der Waals surface area contributed by atoms with Gasteiger partial charge in [-0.05, 0) is 43.7 Å². The van der Waals surface area contributed by atoms with E-state index in [1.807, 2.05) is 25.1 Å². The molecule has 0 bridgehead atoms. The van der Waals surface area contributed by atoms with Crippen molar-refractivity contribution >= 4 is 28.9 Å². The van der Waals surface area contributed by atoms with Gasteiger partial charge in [0, 0.05) is 11.3 Å². The number of methoxy groups -OCH3 is 1. The molecule has 0 aliphatic rings. The molecular weight excluding hydrogens is 356 g/mol. The van der Waals surface area contributed by atoms with Crippen LogP contribution < -0.4 is 15.4 Å². The van der Waals surface area contributed by atoms with Gasteiger partial charge in [0.1, 0.15) is 17.3 Å². The van der Waals surface area contributed by atoms with Gasteiger partial charge in [-0.25, -0.2) is 9.97 Å². The number of anilines is 3. The zero-order chi connectivity index (χ0) is 20.1. The Labute approximate surface area is 162 Å². The maximum Gasteiger partial charge on any atom is 0.275 e. The lowest BCUT2D eigenvalue weighted by Gasteiger charge is -2.11. The SMILES string of the molecule is COc1ccc(C)cc1Nc1cnc(C(=O)Nc2cccc(C(C)=O)c2)cn1. The van der Waals surface area contributed by atoms with Crippen LogP contribution in [0, 0.1) is 6.92 Å². The van der Waals surface area contributed by atoms with Crippen LogP contribution in [0.1, 0.15) is 33.3 Å². The Kier molecular flexibility index (Phi) is 5.64. The summed E-state index contributed by atoms with van der Waals surface area (Å²) in [6.45, 7) is 3.45. The van der Waals surface area contributed by atoms with E-state index >= 15 is 0 Å². The van der Waals surface area contributed by atoms with Crippen LogP contribution in [0.15, 0.2) is 54.9 Å². The first-order valence-electron chi connectivity index (χ1n) is 8.62. The third-order valence-electron chi connectivity index (χ3n) is 4.03. The fraction of sp³-hybridized carbons (Fsp3) is 0.143. The summed E-state index contributed by atoms with van der Waals surface area (Å²) >= 11 is 0. The molecule has 142 valence electrons. The van der Waals surface area contributed by atoms with E-state index in [0.29, 0.717) is 22.8 Å². The average molecular weight is 376 g/mol. The standard InChI is InChI=1S/C21H20N4O3/c1-13-7-8-19(28-3)17(9-13)25-20-12-22-18(11-23-20)21(27)24-16-6-4-5-15(10-16)14(2)26/h4-12H,1-3H3,(H,23,25)(H,24,27). The van der Waals surface area contributed by atoms with Gasteiger partial charge in [-0.2, -0.15) is 0 Å². The van der Waals surface area contributed by atoms with E-state index in [1.165, 1.54) is 19.3 Å². The van der Waals surface area contributed by atoms with Gasteiger partial charge in [0.2, 0.25) is 0 Å². The topological polar surface area (TPSA) is 93.2 Å². The molecule has 0 spiro atoms. The van der Waals surface area contributed by atoms with Gasteiger partial charge in [-0.1, -0.05) is 18.2 Å². The van der Waals surface area contributed by atoms with Gasteiger partial charge in [-0.3, -0.25) is 9.59 Å². The molecule has 2 aromatic carbocycles. The highest BCUT2D eigenvalue weighted by Gasteiger charge is 2.11. The van der Waals surface area contributed by atoms with Gasteiger partial charge in [0.25, 0.3) is 5.91 Å². The van der Waals surface area contributed by atoms with Crippen molar-refractivity contribution in [2.45, 2.75) is 13.8 Å². The van der Waals surface area contributed by atoms with Crippen LogP contribution in [0.25, 0.3) is 0 Å². The summed E-state index contributed by atoms with van der Waals surface area (Å²) in [6, 6.07) is 12.5. The lowest BCUT2D eigenvalue weighted by Crippen LogP contribution is -2.14. The van der Waals surface area contributed by atoms with Crippen LogP contribution in [-0.2, 0) is 0 Å². The van der Waals surface area contributed by atoms with E-state index in [1.54, 1.807) is 31.4 Å². The zero-order valence-corrected chi connectivity index (χ0v) is 15.8. The van der Waals surface area contributed by atoms with Crippen molar-refractivity contribution in [2.24, 2.45) is 0 Å². The molecule has 7 heteroatoms. The molecule has 0 saturated heterocycles. The molecule has 0 fully saturated rings. The number of rotatable bonds is 6. The Bertz CT molecular complexity index is 1020. The van der Waals surface area contributed by atoms with Crippen LogP contribution >= 0.6 is 0 Å². The van der Waals surface area contributed by atoms with Crippen LogP contribution in [0.2, 0.25) is 0 Å². The molecule has 0 atom stereocenters. The first-order valence-corrected chi connectivity index (χ1v) is 8.62. The molecule has 1 amide bonds. The van der Waals surface area contributed by atoms with E-state index in [9.17, 15) is 9.59 Å². The number of carbonyl (C=O) groups is 2. The number of carbonyl (C=O) groups excluding carboxylic acids is 2. The van der Waals surface area contributed by atoms with Crippen molar-refractivity contribution < 1.29 is 14.3 Å². The van der Waals surface area contributed by atoms with Crippen LogP contribution in [-0.4, -0.2) is 28.8 Å². The minimum atomic E-state index is -0.409. The molecule has 1 aromatic heterocycles. The summed E-state index contributed by atoms with van der Waals surface area (Å²) in [6.07, 6.45) is 2.86. The highest BCUT2D eigenvalue weighted by Crippen LogP contribution is 2.27. The van der Waals surface area contributed by atoms with Crippen LogP contribution in [0.4, 0.5) is 17.2 Å². The number of nitrogens with zero attached hydrogens (tertiary/aromatic N) is 2. The van der Waals surface area contributed by atoms with Gasteiger partial charge < -0.3 is 15.4 Å². The van der Waals surface area contributed by atoms with E-state index in [0.717, 1.165) is 11.3 Å². The molecule has 3 rings (SSSR count). The molecule has 0 unspecified atom stereocenters. The molecule has 0 aliphatic heterocycles. The number of nitrogens with one attached hydrogen (secondary N) is 2. The number of Topliss-reactive ketones (excluding diaryl/α,β-unsaturated/α-hetero) is 1. The van der Waals surface area contributed by atoms with E-state index < -0.39 is 5.91 Å². The van der Waals surface area contributed by atoms with Crippen LogP contribution in [0.3, 0.4) is 0 Å². The highest BCUT2D eigenvalue weighted by atomic mass is 16.5. The number of ketones is 1. The third kappa shape index (κ3) is 4.50. The molecule has 0 saturated carbocycles. The van der Waals surface area contributed by atoms with Crippen molar-refractivity contribution in [3.63, 3.8) is 0 Å². The number of aryl methyl sites for hydroxylation is 1. The second-order valence-corrected chi connectivity index (χ2v) is 6.21. The van der Waals surface area contributed by atoms with Crippen molar-refractivity contribution in [1.82, 2.24) is 9.97 Å². The minimum absolute atomic E-state index is 0.0714. The van der Waals surface area contributed by atoms with Crippen molar-refractivity contribution in [2.75, 3.05) is 17.7 Å². The fourth-order valence-electron chi connectivity index (χ4n) is 2.58. The number of hydrogen-bond donors (Lipinski definition) is 2. The minimum Gasteiger partial charge on any atom is -0.495 e. The first-order chi connectivity index (χ1) is 13.5. The summed E-state index contributed by atoms with van der Waals surface area (Å²) < 4.78 is 5.33. The lowest BCUT2D eigenvalue weighted by molar-refractivity contribution is 0.100. The molecule has 7 nitrogen and oxygen atoms in total. The summed E-state index contributed by atoms with van der Waals surface area (Å²) in [4.78, 5) is 32.2. The molecule has 28 heavy (non-hydrogen) atoms. The smallest absolute Gasteiger partial charge is 0.275 e. The summed E-state index contributed by atoms with van der Waals surface area (Å²) in [5.74, 6) is 0.685. The molecule has 0 aliphatic carbocycles. The number of benzene rings is 2. The summed E-state index contributed by atoms with van der Waals surface area (Å²) in [5, 5.41) is 5.85. The second-order valence-electron chi connectivity index (χ2n) is 6.21. The maximum absolute atomic E-state index is 12.4. The molecule has 1 heterocycles. The van der Waals surface area contributed by atoms with Gasteiger partial charge >= 0.3 is 0 Å². The van der Waals surface area contributed by atoms with Crippen molar-refractivity contribution in [3.8, 4) is 5.75 Å². The number of hydrogen-bond acceptors (Lipinski definition) is 6. The third-order valence-corrected chi connectivity index (χ3v) is 4.03. The largest absolute Gasteiger partial charge is 0.495 e. The van der Waals surface area contributed by atoms with Crippen LogP contribution in [0.5, 0.6) is 5.75 Å². The lowest BCUT2D eigenvalue weighted by atomic mass is 10.1. The van der Waals surface area contributed by atoms with Gasteiger partial charge in [0.15, 0.2) is 5.78 Å². The quantitative estimate of drug-likeness (QED) is 0.632. The fourth-order valence-corrected chi connectivity index (χ4v) is 2.58. The van der Waals surface area contributed by atoms with Gasteiger partial charge in [0.05, 0.1) is 25.2 Å². The van der Waals surface area contributed by atoms with Crippen molar-refractivity contribution in [3.05, 3.63) is 71.7 Å². The molecule has 0 radical (unpaired) electrons. The highest BCUT2D eigenvalue weighted by molar-refractivity contribution is 6.03. The second kappa shape index (κ2) is 8.30. The monoisotopic (exact) mass is 376 g/mol. The average Bonchev–Trinajstić information content (AvgIpc) is 2.69. The molecular formula is C21H20N4O3. The Morgan fingerprint density at radius 1 is 1.04 bits per heavy atom. The van der Waals surface area contributed by atoms with Gasteiger partial charge in [-0.15, -0.1) is 0 Å². The number of ether oxygens (including phenoxy) is 1. The Morgan fingerprint density at radius 2 is 1.86 bits per heavy atom. The Balaban J connectivity index is 1.72. The predicted molar refractivity (Wildman–Crippen MR) is 107 cm³/mol. The maximum atomic E-state index is 12.4. The molecule has 2 N–H and O–H groups in total. The predicted octanol–water partition coefficient (Wildman–Crippen LogP) is 3.99. The van der Waals surface area contributed by atoms with Crippen molar-refractivity contribution in [1.29, 1.82) is 0 Å². The number of amides is 1. The summed E-state index contributed by atoms with van der Waals surface area (Å²) in [5.41, 5.74) is 3.03. The Morgan fingerprint density at radius 3 is 2.54 bits per heavy atom. The first kappa shape index (κ1) is 19.0. The molecule has 3 aromatic rings. The normalized spacial score (nSPS) is 10.2.